The van der Waals surface area contributed by atoms with Gasteiger partial charge >= 0.3 is 0 Å². The highest BCUT2D eigenvalue weighted by molar-refractivity contribution is 7.22. The molecule has 1 aromatic carbocycles. The van der Waals surface area contributed by atoms with Crippen molar-refractivity contribution >= 4 is 43.9 Å². The van der Waals surface area contributed by atoms with E-state index in [4.69, 9.17) is 4.52 Å². The predicted molar refractivity (Wildman–Crippen MR) is 96.9 cm³/mol. The molecule has 0 atom stereocenters. The lowest BCUT2D eigenvalue weighted by molar-refractivity contribution is 0.101. The van der Waals surface area contributed by atoms with Gasteiger partial charge in [-0.1, -0.05) is 28.6 Å². The Morgan fingerprint density at radius 2 is 2.12 bits per heavy atom. The van der Waals surface area contributed by atoms with Crippen LogP contribution in [-0.2, 0) is 0 Å². The van der Waals surface area contributed by atoms with Crippen molar-refractivity contribution in [1.29, 1.82) is 0 Å². The van der Waals surface area contributed by atoms with Crippen LogP contribution in [0.2, 0.25) is 0 Å². The van der Waals surface area contributed by atoms with Crippen LogP contribution in [0.3, 0.4) is 0 Å². The first-order chi connectivity index (χ1) is 11.6. The number of thiazole rings is 1. The second kappa shape index (κ2) is 5.85. The van der Waals surface area contributed by atoms with Gasteiger partial charge in [0.05, 0.1) is 15.1 Å². The Bertz CT molecular complexity index is 1030. The second-order valence-corrected chi connectivity index (χ2v) is 7.43. The molecule has 0 saturated heterocycles. The lowest BCUT2D eigenvalue weighted by atomic mass is 10.1. The number of hydrogen-bond donors (Lipinski definition) is 1. The van der Waals surface area contributed by atoms with Gasteiger partial charge in [0.2, 0.25) is 0 Å². The molecule has 24 heavy (non-hydrogen) atoms. The first-order valence-corrected chi connectivity index (χ1v) is 8.99. The van der Waals surface area contributed by atoms with Gasteiger partial charge in [-0.25, -0.2) is 4.98 Å². The fourth-order valence-electron chi connectivity index (χ4n) is 2.50. The van der Waals surface area contributed by atoms with Crippen molar-refractivity contribution < 1.29 is 9.32 Å². The largest absolute Gasteiger partial charge is 0.355 e. The topological polar surface area (TPSA) is 68.0 Å². The highest BCUT2D eigenvalue weighted by Crippen LogP contribution is 2.30. The van der Waals surface area contributed by atoms with Crippen LogP contribution in [0.15, 0.2) is 40.2 Å². The molecule has 0 radical (unpaired) electrons. The Morgan fingerprint density at radius 3 is 2.92 bits per heavy atom. The van der Waals surface area contributed by atoms with E-state index in [1.54, 1.807) is 6.07 Å². The summed E-state index contributed by atoms with van der Waals surface area (Å²) in [4.78, 5) is 17.8. The second-order valence-electron chi connectivity index (χ2n) is 5.46. The molecule has 0 aliphatic rings. The number of nitrogens with zero attached hydrogens (tertiary/aromatic N) is 2. The summed E-state index contributed by atoms with van der Waals surface area (Å²) in [5, 5.41) is 9.16. The summed E-state index contributed by atoms with van der Waals surface area (Å²) in [6.07, 6.45) is 0. The van der Waals surface area contributed by atoms with Crippen molar-refractivity contribution in [2.75, 3.05) is 5.32 Å². The standard InChI is InChI=1S/C17H13N3O2S2/c1-9-6-10(2)15-14(7-9)24-17(18-15)19-16(21)11-8-12(22-20-11)13-4-3-5-23-13/h3-8H,1-2H3,(H,18,19,21). The number of hydrogen-bond acceptors (Lipinski definition) is 6. The predicted octanol–water partition coefficient (Wildman–Crippen LogP) is 4.88. The van der Waals surface area contributed by atoms with E-state index in [0.717, 1.165) is 20.7 Å². The number of anilines is 1. The zero-order valence-electron chi connectivity index (χ0n) is 13.0. The first-order valence-electron chi connectivity index (χ1n) is 7.30. The molecule has 0 fully saturated rings. The van der Waals surface area contributed by atoms with Crippen molar-refractivity contribution in [3.05, 3.63) is 52.5 Å². The summed E-state index contributed by atoms with van der Waals surface area (Å²) < 4.78 is 6.30. The highest BCUT2D eigenvalue weighted by Gasteiger charge is 2.16. The molecule has 4 aromatic rings. The number of aryl methyl sites for hydroxylation is 2. The van der Waals surface area contributed by atoms with Crippen LogP contribution in [0.4, 0.5) is 5.13 Å². The van der Waals surface area contributed by atoms with Gasteiger partial charge in [0.25, 0.3) is 5.91 Å². The summed E-state index contributed by atoms with van der Waals surface area (Å²) in [6.45, 7) is 4.07. The van der Waals surface area contributed by atoms with E-state index in [1.165, 1.54) is 28.2 Å². The smallest absolute Gasteiger partial charge is 0.279 e. The Labute approximate surface area is 145 Å². The van der Waals surface area contributed by atoms with Crippen molar-refractivity contribution in [3.63, 3.8) is 0 Å². The van der Waals surface area contributed by atoms with Gasteiger partial charge in [-0.15, -0.1) is 11.3 Å². The number of carbonyl (C=O) groups excluding carboxylic acids is 1. The van der Waals surface area contributed by atoms with Crippen molar-refractivity contribution in [1.82, 2.24) is 10.1 Å². The Morgan fingerprint density at radius 1 is 1.25 bits per heavy atom. The molecule has 7 heteroatoms. The van der Waals surface area contributed by atoms with Crippen molar-refractivity contribution in [3.8, 4) is 10.6 Å². The van der Waals surface area contributed by atoms with Gasteiger partial charge in [0.15, 0.2) is 16.6 Å². The zero-order valence-corrected chi connectivity index (χ0v) is 14.6. The molecule has 0 bridgehead atoms. The van der Waals surface area contributed by atoms with Gasteiger partial charge in [-0.3, -0.25) is 10.1 Å². The molecule has 0 aliphatic heterocycles. The van der Waals surface area contributed by atoms with Crippen LogP contribution in [0.1, 0.15) is 21.6 Å². The van der Waals surface area contributed by atoms with Crippen LogP contribution in [0.5, 0.6) is 0 Å². The average molecular weight is 355 g/mol. The number of nitrogens with one attached hydrogen (secondary N) is 1. The Balaban J connectivity index is 1.59. The number of carbonyl (C=O) groups is 1. The van der Waals surface area contributed by atoms with Crippen molar-refractivity contribution in [2.24, 2.45) is 0 Å². The van der Waals surface area contributed by atoms with Crippen LogP contribution in [-0.4, -0.2) is 16.0 Å². The number of rotatable bonds is 3. The third kappa shape index (κ3) is 2.72. The Hall–Kier alpha value is -2.51. The number of amides is 1. The van der Waals surface area contributed by atoms with E-state index in [9.17, 15) is 4.79 Å². The molecular formula is C17H13N3O2S2. The van der Waals surface area contributed by atoms with Gasteiger partial charge in [-0.05, 0) is 42.5 Å². The van der Waals surface area contributed by atoms with Gasteiger partial charge in [0.1, 0.15) is 0 Å². The molecule has 0 unspecified atom stereocenters. The molecule has 0 saturated carbocycles. The molecule has 0 aliphatic carbocycles. The molecule has 5 nitrogen and oxygen atoms in total. The van der Waals surface area contributed by atoms with Crippen LogP contribution < -0.4 is 5.32 Å². The summed E-state index contributed by atoms with van der Waals surface area (Å²) in [5.74, 6) is 0.265. The van der Waals surface area contributed by atoms with E-state index in [2.05, 4.69) is 27.6 Å². The molecule has 0 spiro atoms. The monoisotopic (exact) mass is 355 g/mol. The maximum absolute atomic E-state index is 12.4. The molecule has 3 heterocycles. The molecule has 3 aromatic heterocycles. The molecule has 4 rings (SSSR count). The summed E-state index contributed by atoms with van der Waals surface area (Å²) in [6, 6.07) is 9.64. The number of aromatic nitrogens is 2. The minimum atomic E-state index is -0.324. The summed E-state index contributed by atoms with van der Waals surface area (Å²) in [5.41, 5.74) is 3.44. The summed E-state index contributed by atoms with van der Waals surface area (Å²) in [7, 11) is 0. The third-order valence-corrected chi connectivity index (χ3v) is 5.36. The van der Waals surface area contributed by atoms with Gasteiger partial charge in [-0.2, -0.15) is 0 Å². The minimum absolute atomic E-state index is 0.241. The fourth-order valence-corrected chi connectivity index (χ4v) is 4.21. The quantitative estimate of drug-likeness (QED) is 0.568. The normalized spacial score (nSPS) is 11.1. The number of benzene rings is 1. The maximum Gasteiger partial charge on any atom is 0.279 e. The maximum atomic E-state index is 12.4. The molecule has 1 amide bonds. The molecule has 120 valence electrons. The highest BCUT2D eigenvalue weighted by atomic mass is 32.1. The SMILES string of the molecule is Cc1cc(C)c2nc(NC(=O)c3cc(-c4cccs4)on3)sc2c1. The van der Waals surface area contributed by atoms with E-state index in [1.807, 2.05) is 31.4 Å². The molecular weight excluding hydrogens is 342 g/mol. The van der Waals surface area contributed by atoms with E-state index < -0.39 is 0 Å². The van der Waals surface area contributed by atoms with Crippen LogP contribution in [0.25, 0.3) is 20.9 Å². The number of fused-ring (bicyclic) bond motifs is 1. The van der Waals surface area contributed by atoms with Gasteiger partial charge < -0.3 is 4.52 Å². The van der Waals surface area contributed by atoms with E-state index in [-0.39, 0.29) is 11.6 Å². The molecule has 1 N–H and O–H groups in total. The van der Waals surface area contributed by atoms with Crippen molar-refractivity contribution in [2.45, 2.75) is 13.8 Å². The summed E-state index contributed by atoms with van der Waals surface area (Å²) >= 11 is 2.99. The lowest BCUT2D eigenvalue weighted by Crippen LogP contribution is -2.11. The zero-order chi connectivity index (χ0) is 16.7. The first kappa shape index (κ1) is 15.0. The number of thiophene rings is 1. The van der Waals surface area contributed by atoms with Crippen LogP contribution in [0, 0.1) is 13.8 Å². The van der Waals surface area contributed by atoms with E-state index in [0.29, 0.717) is 10.9 Å². The van der Waals surface area contributed by atoms with E-state index >= 15 is 0 Å². The average Bonchev–Trinajstić information content (AvgIpc) is 3.26. The fraction of sp³-hybridized carbons (Fsp3) is 0.118. The van der Waals surface area contributed by atoms with Crippen LogP contribution >= 0.6 is 22.7 Å². The Kier molecular flexibility index (Phi) is 3.66. The third-order valence-electron chi connectivity index (χ3n) is 3.56. The minimum Gasteiger partial charge on any atom is -0.355 e. The van der Waals surface area contributed by atoms with Gasteiger partial charge in [0, 0.05) is 6.07 Å². The lowest BCUT2D eigenvalue weighted by Gasteiger charge is -1.96.